The van der Waals surface area contributed by atoms with Crippen LogP contribution in [0.2, 0.25) is 5.02 Å². The average molecular weight is 379 g/mol. The van der Waals surface area contributed by atoms with E-state index in [-0.39, 0.29) is 4.90 Å². The van der Waals surface area contributed by atoms with Crippen LogP contribution in [0.5, 0.6) is 0 Å². The van der Waals surface area contributed by atoms with Crippen LogP contribution in [0.1, 0.15) is 0 Å². The molecule has 0 aliphatic carbocycles. The maximum Gasteiger partial charge on any atom is 0.264 e. The monoisotopic (exact) mass is 377 g/mol. The lowest BCUT2D eigenvalue weighted by Gasteiger charge is -2.20. The standard InChI is InChI=1S/C13H10BrClFNO2S/c1-17(10-4-7-12(14)13(15)8-10)20(18,19)11-5-2-9(16)3-6-11/h2-8H,1H3. The Kier molecular flexibility index (Phi) is 4.36. The highest BCUT2D eigenvalue weighted by atomic mass is 79.9. The maximum atomic E-state index is 12.9. The second-order valence-electron chi connectivity index (χ2n) is 4.02. The SMILES string of the molecule is CN(c1ccc(Br)c(Cl)c1)S(=O)(=O)c1ccc(F)cc1. The van der Waals surface area contributed by atoms with Gasteiger partial charge in [-0.15, -0.1) is 0 Å². The summed E-state index contributed by atoms with van der Waals surface area (Å²) >= 11 is 9.20. The Balaban J connectivity index is 2.42. The number of sulfonamides is 1. The van der Waals surface area contributed by atoms with E-state index in [1.807, 2.05) is 0 Å². The normalized spacial score (nSPS) is 11.4. The molecule has 0 aromatic heterocycles. The topological polar surface area (TPSA) is 37.4 Å². The van der Waals surface area contributed by atoms with Crippen LogP contribution in [0, 0.1) is 5.82 Å². The fraction of sp³-hybridized carbons (Fsp3) is 0.0769. The third-order valence-corrected chi connectivity index (χ3v) is 5.77. The van der Waals surface area contributed by atoms with Gasteiger partial charge in [0, 0.05) is 11.5 Å². The molecule has 106 valence electrons. The molecule has 0 aliphatic heterocycles. The van der Waals surface area contributed by atoms with Crippen molar-refractivity contribution >= 4 is 43.2 Å². The zero-order valence-corrected chi connectivity index (χ0v) is 13.5. The van der Waals surface area contributed by atoms with Gasteiger partial charge in [0.25, 0.3) is 10.0 Å². The van der Waals surface area contributed by atoms with Gasteiger partial charge in [-0.05, 0) is 58.4 Å². The summed E-state index contributed by atoms with van der Waals surface area (Å²) in [6, 6.07) is 9.48. The summed E-state index contributed by atoms with van der Waals surface area (Å²) < 4.78 is 39.4. The summed E-state index contributed by atoms with van der Waals surface area (Å²) in [7, 11) is -2.33. The van der Waals surface area contributed by atoms with Crippen LogP contribution < -0.4 is 4.31 Å². The minimum absolute atomic E-state index is 0.0143. The highest BCUT2D eigenvalue weighted by molar-refractivity contribution is 9.10. The van der Waals surface area contributed by atoms with E-state index in [0.717, 1.165) is 16.4 Å². The van der Waals surface area contributed by atoms with Crippen LogP contribution in [0.4, 0.5) is 10.1 Å². The van der Waals surface area contributed by atoms with Crippen molar-refractivity contribution in [2.75, 3.05) is 11.4 Å². The molecule has 0 aliphatic rings. The molecule has 0 atom stereocenters. The Morgan fingerprint density at radius 1 is 1.15 bits per heavy atom. The van der Waals surface area contributed by atoms with E-state index >= 15 is 0 Å². The van der Waals surface area contributed by atoms with Crippen LogP contribution in [0.3, 0.4) is 0 Å². The van der Waals surface area contributed by atoms with Gasteiger partial charge in [0.2, 0.25) is 0 Å². The largest absolute Gasteiger partial charge is 0.269 e. The van der Waals surface area contributed by atoms with Crippen molar-refractivity contribution in [3.63, 3.8) is 0 Å². The highest BCUT2D eigenvalue weighted by Gasteiger charge is 2.21. The molecule has 0 saturated carbocycles. The van der Waals surface area contributed by atoms with E-state index < -0.39 is 15.8 Å². The predicted molar refractivity (Wildman–Crippen MR) is 81.1 cm³/mol. The van der Waals surface area contributed by atoms with E-state index in [2.05, 4.69) is 15.9 Å². The fourth-order valence-electron chi connectivity index (χ4n) is 1.58. The Morgan fingerprint density at radius 3 is 2.30 bits per heavy atom. The van der Waals surface area contributed by atoms with E-state index in [0.29, 0.717) is 15.2 Å². The number of halogens is 3. The molecule has 0 amide bonds. The molecule has 0 spiro atoms. The molecule has 0 N–H and O–H groups in total. The molecule has 2 rings (SSSR count). The summed E-state index contributed by atoms with van der Waals surface area (Å²) in [6.07, 6.45) is 0. The lowest BCUT2D eigenvalue weighted by Crippen LogP contribution is -2.26. The second kappa shape index (κ2) is 5.71. The summed E-state index contributed by atoms with van der Waals surface area (Å²) in [4.78, 5) is 0.0143. The minimum Gasteiger partial charge on any atom is -0.269 e. The maximum absolute atomic E-state index is 12.9. The third-order valence-electron chi connectivity index (χ3n) is 2.74. The first kappa shape index (κ1) is 15.3. The van der Waals surface area contributed by atoms with Gasteiger partial charge in [-0.2, -0.15) is 0 Å². The van der Waals surface area contributed by atoms with Crippen molar-refractivity contribution < 1.29 is 12.8 Å². The first-order valence-electron chi connectivity index (χ1n) is 5.52. The Labute approximate surface area is 130 Å². The van der Waals surface area contributed by atoms with Crippen LogP contribution in [-0.4, -0.2) is 15.5 Å². The molecular formula is C13H10BrClFNO2S. The quantitative estimate of drug-likeness (QED) is 0.807. The lowest BCUT2D eigenvalue weighted by atomic mass is 10.3. The van der Waals surface area contributed by atoms with Crippen LogP contribution in [0.25, 0.3) is 0 Å². The van der Waals surface area contributed by atoms with Gasteiger partial charge in [0.1, 0.15) is 5.82 Å². The van der Waals surface area contributed by atoms with E-state index in [9.17, 15) is 12.8 Å². The molecular weight excluding hydrogens is 369 g/mol. The predicted octanol–water partition coefficient (Wildman–Crippen LogP) is 4.07. The first-order chi connectivity index (χ1) is 9.32. The van der Waals surface area contributed by atoms with E-state index in [4.69, 9.17) is 11.6 Å². The number of nitrogens with zero attached hydrogens (tertiary/aromatic N) is 1. The summed E-state index contributed by atoms with van der Waals surface area (Å²) in [5.74, 6) is -0.488. The Morgan fingerprint density at radius 2 is 1.75 bits per heavy atom. The van der Waals surface area contributed by atoms with E-state index in [1.54, 1.807) is 12.1 Å². The van der Waals surface area contributed by atoms with Gasteiger partial charge in [-0.25, -0.2) is 12.8 Å². The summed E-state index contributed by atoms with van der Waals surface area (Å²) in [5.41, 5.74) is 0.419. The zero-order valence-electron chi connectivity index (χ0n) is 10.3. The number of benzene rings is 2. The molecule has 0 saturated heterocycles. The van der Waals surface area contributed by atoms with Crippen LogP contribution in [-0.2, 0) is 10.0 Å². The van der Waals surface area contributed by atoms with Crippen LogP contribution in [0.15, 0.2) is 51.8 Å². The molecule has 0 heterocycles. The summed E-state index contributed by atoms with van der Waals surface area (Å²) in [5, 5.41) is 0.406. The van der Waals surface area contributed by atoms with Crippen molar-refractivity contribution in [1.29, 1.82) is 0 Å². The molecule has 2 aromatic carbocycles. The fourth-order valence-corrected chi connectivity index (χ4v) is 3.19. The first-order valence-corrected chi connectivity index (χ1v) is 8.13. The van der Waals surface area contributed by atoms with Crippen molar-refractivity contribution in [2.45, 2.75) is 4.90 Å². The van der Waals surface area contributed by atoms with Crippen LogP contribution >= 0.6 is 27.5 Å². The average Bonchev–Trinajstić information content (AvgIpc) is 2.41. The van der Waals surface area contributed by atoms with Gasteiger partial charge in [0.15, 0.2) is 0 Å². The molecule has 7 heteroatoms. The summed E-state index contributed by atoms with van der Waals surface area (Å²) in [6.45, 7) is 0. The number of hydrogen-bond acceptors (Lipinski definition) is 2. The second-order valence-corrected chi connectivity index (χ2v) is 7.26. The Hall–Kier alpha value is -1.11. The molecule has 20 heavy (non-hydrogen) atoms. The highest BCUT2D eigenvalue weighted by Crippen LogP contribution is 2.29. The third kappa shape index (κ3) is 2.97. The van der Waals surface area contributed by atoms with Gasteiger partial charge < -0.3 is 0 Å². The smallest absolute Gasteiger partial charge is 0.264 e. The minimum atomic E-state index is -3.75. The zero-order chi connectivity index (χ0) is 14.9. The Bertz CT molecular complexity index is 735. The number of anilines is 1. The molecule has 0 bridgehead atoms. The van der Waals surface area contributed by atoms with Gasteiger partial charge in [-0.1, -0.05) is 11.6 Å². The van der Waals surface area contributed by atoms with Crippen molar-refractivity contribution in [1.82, 2.24) is 0 Å². The molecule has 0 fully saturated rings. The van der Waals surface area contributed by atoms with Gasteiger partial charge in [-0.3, -0.25) is 4.31 Å². The van der Waals surface area contributed by atoms with Gasteiger partial charge >= 0.3 is 0 Å². The molecule has 0 radical (unpaired) electrons. The molecule has 0 unspecified atom stereocenters. The van der Waals surface area contributed by atoms with Crippen molar-refractivity contribution in [3.05, 3.63) is 57.8 Å². The van der Waals surface area contributed by atoms with Gasteiger partial charge in [0.05, 0.1) is 15.6 Å². The molecule has 2 aromatic rings. The lowest BCUT2D eigenvalue weighted by molar-refractivity contribution is 0.593. The molecule has 3 nitrogen and oxygen atoms in total. The van der Waals surface area contributed by atoms with Crippen molar-refractivity contribution in [3.8, 4) is 0 Å². The number of rotatable bonds is 3. The number of hydrogen-bond donors (Lipinski definition) is 0. The van der Waals surface area contributed by atoms with E-state index in [1.165, 1.54) is 25.2 Å². The van der Waals surface area contributed by atoms with Crippen molar-refractivity contribution in [2.24, 2.45) is 0 Å².